The molecule has 2 aromatic rings. The highest BCUT2D eigenvalue weighted by Crippen LogP contribution is 2.40. The minimum atomic E-state index is -0.129. The van der Waals surface area contributed by atoms with E-state index in [0.29, 0.717) is 23.0 Å². The van der Waals surface area contributed by atoms with Crippen molar-refractivity contribution in [1.29, 1.82) is 0 Å². The summed E-state index contributed by atoms with van der Waals surface area (Å²) in [5.74, 6) is 1.20. The van der Waals surface area contributed by atoms with Gasteiger partial charge in [0.25, 0.3) is 5.91 Å². The fourth-order valence-corrected chi connectivity index (χ4v) is 5.81. The van der Waals surface area contributed by atoms with Gasteiger partial charge in [0.15, 0.2) is 0 Å². The van der Waals surface area contributed by atoms with Crippen LogP contribution in [0.25, 0.3) is 0 Å². The average Bonchev–Trinajstić information content (AvgIpc) is 3.07. The summed E-state index contributed by atoms with van der Waals surface area (Å²) in [6.45, 7) is 6.85. The lowest BCUT2D eigenvalue weighted by atomic mass is 9.88. The van der Waals surface area contributed by atoms with Crippen molar-refractivity contribution in [2.75, 3.05) is 30.3 Å². The maximum absolute atomic E-state index is 13.2. The summed E-state index contributed by atoms with van der Waals surface area (Å²) in [4.78, 5) is 29.4. The van der Waals surface area contributed by atoms with Gasteiger partial charge in [-0.25, -0.2) is 0 Å². The molecule has 1 aromatic heterocycles. The van der Waals surface area contributed by atoms with E-state index in [-0.39, 0.29) is 11.8 Å². The van der Waals surface area contributed by atoms with Crippen molar-refractivity contribution >= 4 is 33.8 Å². The number of likely N-dealkylation sites (tertiary alicyclic amines) is 1. The van der Waals surface area contributed by atoms with E-state index in [4.69, 9.17) is 0 Å². The maximum atomic E-state index is 13.2. The minimum Gasteiger partial charge on any atom is -0.322 e. The second-order valence-corrected chi connectivity index (χ2v) is 9.99. The Kier molecular flexibility index (Phi) is 6.54. The fourth-order valence-electron chi connectivity index (χ4n) is 4.38. The van der Waals surface area contributed by atoms with Crippen LogP contribution in [0.15, 0.2) is 30.3 Å². The first kappa shape index (κ1) is 21.1. The van der Waals surface area contributed by atoms with Gasteiger partial charge in [-0.1, -0.05) is 32.0 Å². The van der Waals surface area contributed by atoms with E-state index in [1.54, 1.807) is 11.3 Å². The van der Waals surface area contributed by atoms with Gasteiger partial charge in [-0.15, -0.1) is 11.3 Å². The molecule has 0 saturated carbocycles. The monoisotopic (exact) mass is 425 g/mol. The van der Waals surface area contributed by atoms with Gasteiger partial charge in [-0.05, 0) is 74.7 Å². The standard InChI is InChI=1S/C24H31N3O2S/c1-16-10-12-27(13-11-16)15-21(28)26-24-22(19-9-8-17(2)14-20(19)30-24)23(29)25-18-6-4-3-5-7-18/h3-7,16-17H,8-15H2,1-2H3,(H,25,29)(H,26,28). The van der Waals surface area contributed by atoms with Crippen molar-refractivity contribution in [1.82, 2.24) is 4.90 Å². The van der Waals surface area contributed by atoms with E-state index in [2.05, 4.69) is 29.4 Å². The Labute approximate surface area is 182 Å². The summed E-state index contributed by atoms with van der Waals surface area (Å²) in [5, 5.41) is 6.80. The molecule has 0 radical (unpaired) electrons. The highest BCUT2D eigenvalue weighted by atomic mass is 32.1. The summed E-state index contributed by atoms with van der Waals surface area (Å²) in [6, 6.07) is 9.50. The summed E-state index contributed by atoms with van der Waals surface area (Å²) in [7, 11) is 0. The number of thiophene rings is 1. The molecule has 4 rings (SSSR count). The molecule has 1 aromatic carbocycles. The number of nitrogens with one attached hydrogen (secondary N) is 2. The molecule has 1 aliphatic carbocycles. The normalized spacial score (nSPS) is 19.9. The summed E-state index contributed by atoms with van der Waals surface area (Å²) < 4.78 is 0. The van der Waals surface area contributed by atoms with Crippen molar-refractivity contribution in [3.05, 3.63) is 46.3 Å². The van der Waals surface area contributed by atoms with E-state index in [9.17, 15) is 9.59 Å². The second kappa shape index (κ2) is 9.31. The Balaban J connectivity index is 1.52. The molecule has 1 atom stereocenters. The maximum Gasteiger partial charge on any atom is 0.258 e. The van der Waals surface area contributed by atoms with Crippen molar-refractivity contribution in [2.24, 2.45) is 11.8 Å². The van der Waals surface area contributed by atoms with Gasteiger partial charge in [-0.2, -0.15) is 0 Å². The van der Waals surface area contributed by atoms with E-state index < -0.39 is 0 Å². The van der Waals surface area contributed by atoms with E-state index in [1.807, 2.05) is 30.3 Å². The molecule has 0 spiro atoms. The molecule has 5 nitrogen and oxygen atoms in total. The van der Waals surface area contributed by atoms with E-state index >= 15 is 0 Å². The number of anilines is 2. The number of piperidine rings is 1. The third-order valence-corrected chi connectivity index (χ3v) is 7.44. The first-order chi connectivity index (χ1) is 14.5. The summed E-state index contributed by atoms with van der Waals surface area (Å²) >= 11 is 1.58. The highest BCUT2D eigenvalue weighted by Gasteiger charge is 2.29. The zero-order valence-corrected chi connectivity index (χ0v) is 18.7. The van der Waals surface area contributed by atoms with Crippen LogP contribution >= 0.6 is 11.3 Å². The van der Waals surface area contributed by atoms with Gasteiger partial charge >= 0.3 is 0 Å². The smallest absolute Gasteiger partial charge is 0.258 e. The van der Waals surface area contributed by atoms with Crippen molar-refractivity contribution in [2.45, 2.75) is 46.0 Å². The first-order valence-electron chi connectivity index (χ1n) is 11.0. The molecule has 160 valence electrons. The van der Waals surface area contributed by atoms with Crippen LogP contribution in [0.4, 0.5) is 10.7 Å². The second-order valence-electron chi connectivity index (χ2n) is 8.88. The Morgan fingerprint density at radius 3 is 2.50 bits per heavy atom. The topological polar surface area (TPSA) is 61.4 Å². The molecule has 2 aliphatic rings. The quantitative estimate of drug-likeness (QED) is 0.724. The molecule has 1 unspecified atom stereocenters. The Morgan fingerprint density at radius 2 is 1.77 bits per heavy atom. The van der Waals surface area contributed by atoms with Crippen LogP contribution in [0, 0.1) is 11.8 Å². The van der Waals surface area contributed by atoms with Gasteiger partial charge < -0.3 is 10.6 Å². The number of amides is 2. The zero-order valence-electron chi connectivity index (χ0n) is 17.9. The SMILES string of the molecule is CC1CCN(CC(=O)Nc2sc3c(c2C(=O)Nc2ccccc2)CCC(C)C3)CC1. The molecule has 2 amide bonds. The Bertz CT molecular complexity index is 901. The molecule has 1 fully saturated rings. The van der Waals surface area contributed by atoms with Crippen LogP contribution < -0.4 is 10.6 Å². The van der Waals surface area contributed by atoms with Crippen LogP contribution in [0.1, 0.15) is 53.9 Å². The molecule has 0 bridgehead atoms. The number of para-hydroxylation sites is 1. The molecule has 6 heteroatoms. The average molecular weight is 426 g/mol. The molecule has 2 heterocycles. The highest BCUT2D eigenvalue weighted by molar-refractivity contribution is 7.17. The molecule has 1 saturated heterocycles. The van der Waals surface area contributed by atoms with Crippen molar-refractivity contribution in [3.63, 3.8) is 0 Å². The van der Waals surface area contributed by atoms with Crippen LogP contribution in [0.3, 0.4) is 0 Å². The molecular weight excluding hydrogens is 394 g/mol. The number of rotatable bonds is 5. The van der Waals surface area contributed by atoms with Gasteiger partial charge in [0.05, 0.1) is 12.1 Å². The number of carbonyl (C=O) groups excluding carboxylic acids is 2. The minimum absolute atomic E-state index is 0.0232. The number of fused-ring (bicyclic) bond motifs is 1. The summed E-state index contributed by atoms with van der Waals surface area (Å²) in [5.41, 5.74) is 2.55. The molecular formula is C24H31N3O2S. The lowest BCUT2D eigenvalue weighted by Gasteiger charge is -2.29. The lowest BCUT2D eigenvalue weighted by Crippen LogP contribution is -2.38. The van der Waals surface area contributed by atoms with E-state index in [1.165, 1.54) is 4.88 Å². The third kappa shape index (κ3) is 4.93. The molecule has 2 N–H and O–H groups in total. The largest absolute Gasteiger partial charge is 0.322 e. The van der Waals surface area contributed by atoms with Crippen molar-refractivity contribution < 1.29 is 9.59 Å². The number of hydrogen-bond acceptors (Lipinski definition) is 4. The molecule has 1 aliphatic heterocycles. The van der Waals surface area contributed by atoms with Crippen LogP contribution in [0.5, 0.6) is 0 Å². The lowest BCUT2D eigenvalue weighted by molar-refractivity contribution is -0.117. The van der Waals surface area contributed by atoms with E-state index in [0.717, 1.165) is 62.4 Å². The predicted octanol–water partition coefficient (Wildman–Crippen LogP) is 4.80. The van der Waals surface area contributed by atoms with Gasteiger partial charge in [0.1, 0.15) is 5.00 Å². The van der Waals surface area contributed by atoms with Gasteiger partial charge in [0.2, 0.25) is 5.91 Å². The Hall–Kier alpha value is -2.18. The number of nitrogens with zero attached hydrogens (tertiary/aromatic N) is 1. The van der Waals surface area contributed by atoms with Crippen LogP contribution in [-0.4, -0.2) is 36.3 Å². The van der Waals surface area contributed by atoms with Gasteiger partial charge in [-0.3, -0.25) is 14.5 Å². The van der Waals surface area contributed by atoms with Crippen LogP contribution in [-0.2, 0) is 17.6 Å². The number of carbonyl (C=O) groups is 2. The zero-order chi connectivity index (χ0) is 21.1. The number of hydrogen-bond donors (Lipinski definition) is 2. The summed E-state index contributed by atoms with van der Waals surface area (Å²) in [6.07, 6.45) is 5.23. The molecule has 30 heavy (non-hydrogen) atoms. The Morgan fingerprint density at radius 1 is 1.03 bits per heavy atom. The van der Waals surface area contributed by atoms with Crippen molar-refractivity contribution in [3.8, 4) is 0 Å². The predicted molar refractivity (Wildman–Crippen MR) is 123 cm³/mol. The van der Waals surface area contributed by atoms with Crippen LogP contribution in [0.2, 0.25) is 0 Å². The first-order valence-corrected chi connectivity index (χ1v) is 11.8. The fraction of sp³-hybridized carbons (Fsp3) is 0.500. The third-order valence-electron chi connectivity index (χ3n) is 6.27. The number of benzene rings is 1. The van der Waals surface area contributed by atoms with Gasteiger partial charge in [0, 0.05) is 10.6 Å².